The second-order valence-corrected chi connectivity index (χ2v) is 8.23. The molecule has 0 amide bonds. The number of carbonyl (C=O) groups excluding carboxylic acids is 1. The SMILES string of the molecule is CC(C)c1cc2c(c(O)c1O)[C@@]1(C)CCCC(C)(C)C1=CC2=O. The monoisotopic (exact) mass is 314 g/mol. The van der Waals surface area contributed by atoms with Crippen LogP contribution >= 0.6 is 0 Å². The number of fused-ring (bicyclic) bond motifs is 3. The molecule has 0 heterocycles. The highest BCUT2D eigenvalue weighted by atomic mass is 16.3. The third kappa shape index (κ3) is 2.13. The summed E-state index contributed by atoms with van der Waals surface area (Å²) < 4.78 is 0. The van der Waals surface area contributed by atoms with Gasteiger partial charge in [-0.1, -0.05) is 46.6 Å². The predicted octanol–water partition coefficient (Wildman–Crippen LogP) is 4.81. The van der Waals surface area contributed by atoms with Crippen LogP contribution in [0.3, 0.4) is 0 Å². The molecule has 3 nitrogen and oxygen atoms in total. The molecule has 23 heavy (non-hydrogen) atoms. The lowest BCUT2D eigenvalue weighted by molar-refractivity contribution is 0.102. The Bertz CT molecular complexity index is 725. The number of ketones is 1. The Morgan fingerprint density at radius 2 is 1.74 bits per heavy atom. The first kappa shape index (κ1) is 16.1. The van der Waals surface area contributed by atoms with Crippen molar-refractivity contribution < 1.29 is 15.0 Å². The summed E-state index contributed by atoms with van der Waals surface area (Å²) in [7, 11) is 0. The summed E-state index contributed by atoms with van der Waals surface area (Å²) in [5.41, 5.74) is 2.43. The molecule has 0 unspecified atom stereocenters. The number of carbonyl (C=O) groups is 1. The maximum absolute atomic E-state index is 12.7. The summed E-state index contributed by atoms with van der Waals surface area (Å²) in [5.74, 6) is -0.192. The molecule has 2 aliphatic carbocycles. The van der Waals surface area contributed by atoms with Gasteiger partial charge in [-0.05, 0) is 36.3 Å². The molecule has 0 bridgehead atoms. The molecule has 3 rings (SSSR count). The van der Waals surface area contributed by atoms with Crippen molar-refractivity contribution in [2.75, 3.05) is 0 Å². The zero-order valence-corrected chi connectivity index (χ0v) is 14.7. The van der Waals surface area contributed by atoms with Crippen LogP contribution in [-0.2, 0) is 5.41 Å². The van der Waals surface area contributed by atoms with E-state index in [1.807, 2.05) is 13.8 Å². The number of hydrogen-bond donors (Lipinski definition) is 2. The van der Waals surface area contributed by atoms with Crippen LogP contribution in [0.1, 0.15) is 81.3 Å². The van der Waals surface area contributed by atoms with Gasteiger partial charge >= 0.3 is 0 Å². The largest absolute Gasteiger partial charge is 0.504 e. The van der Waals surface area contributed by atoms with E-state index in [0.29, 0.717) is 16.7 Å². The Labute approximate surface area is 138 Å². The van der Waals surface area contributed by atoms with Crippen molar-refractivity contribution in [1.29, 1.82) is 0 Å². The van der Waals surface area contributed by atoms with Gasteiger partial charge < -0.3 is 10.2 Å². The molecule has 1 atom stereocenters. The minimum atomic E-state index is -0.387. The molecule has 0 aromatic heterocycles. The Hall–Kier alpha value is -1.77. The van der Waals surface area contributed by atoms with E-state index in [0.717, 1.165) is 24.8 Å². The minimum Gasteiger partial charge on any atom is -0.504 e. The molecule has 0 saturated heterocycles. The van der Waals surface area contributed by atoms with Gasteiger partial charge in [0.25, 0.3) is 0 Å². The van der Waals surface area contributed by atoms with E-state index >= 15 is 0 Å². The van der Waals surface area contributed by atoms with Gasteiger partial charge in [0, 0.05) is 22.1 Å². The second kappa shape index (κ2) is 4.86. The van der Waals surface area contributed by atoms with Crippen molar-refractivity contribution in [2.24, 2.45) is 5.41 Å². The van der Waals surface area contributed by atoms with Crippen molar-refractivity contribution in [1.82, 2.24) is 0 Å². The Morgan fingerprint density at radius 1 is 1.09 bits per heavy atom. The van der Waals surface area contributed by atoms with Gasteiger partial charge in [-0.2, -0.15) is 0 Å². The summed E-state index contributed by atoms with van der Waals surface area (Å²) in [4.78, 5) is 12.7. The highest BCUT2D eigenvalue weighted by molar-refractivity contribution is 6.09. The van der Waals surface area contributed by atoms with Crippen LogP contribution in [0.5, 0.6) is 11.5 Å². The first-order valence-electron chi connectivity index (χ1n) is 8.46. The Balaban J connectivity index is 2.33. The third-order valence-corrected chi connectivity index (χ3v) is 5.82. The van der Waals surface area contributed by atoms with Gasteiger partial charge in [-0.25, -0.2) is 0 Å². The van der Waals surface area contributed by atoms with Crippen molar-refractivity contribution in [2.45, 2.75) is 65.2 Å². The third-order valence-electron chi connectivity index (χ3n) is 5.82. The number of phenols is 2. The van der Waals surface area contributed by atoms with Crippen LogP contribution in [0, 0.1) is 5.41 Å². The molecule has 124 valence electrons. The topological polar surface area (TPSA) is 57.5 Å². The predicted molar refractivity (Wildman–Crippen MR) is 91.3 cm³/mol. The average molecular weight is 314 g/mol. The highest BCUT2D eigenvalue weighted by Crippen LogP contribution is 2.58. The normalized spacial score (nSPS) is 25.8. The van der Waals surface area contributed by atoms with Gasteiger partial charge in [0.2, 0.25) is 0 Å². The van der Waals surface area contributed by atoms with Crippen molar-refractivity contribution >= 4 is 5.78 Å². The fourth-order valence-electron chi connectivity index (χ4n) is 4.59. The van der Waals surface area contributed by atoms with E-state index in [2.05, 4.69) is 20.8 Å². The molecule has 1 aromatic rings. The van der Waals surface area contributed by atoms with E-state index in [9.17, 15) is 15.0 Å². The second-order valence-electron chi connectivity index (χ2n) is 8.23. The maximum Gasteiger partial charge on any atom is 0.186 e. The fraction of sp³-hybridized carbons (Fsp3) is 0.550. The summed E-state index contributed by atoms with van der Waals surface area (Å²) in [5, 5.41) is 21.2. The van der Waals surface area contributed by atoms with Crippen LogP contribution in [-0.4, -0.2) is 16.0 Å². The summed E-state index contributed by atoms with van der Waals surface area (Å²) in [6, 6.07) is 1.78. The first-order valence-corrected chi connectivity index (χ1v) is 8.46. The molecule has 0 radical (unpaired) electrons. The van der Waals surface area contributed by atoms with Gasteiger partial charge in [0.1, 0.15) is 0 Å². The average Bonchev–Trinajstić information content (AvgIpc) is 2.43. The molecule has 2 N–H and O–H groups in total. The molecule has 0 aliphatic heterocycles. The maximum atomic E-state index is 12.7. The van der Waals surface area contributed by atoms with Crippen LogP contribution in [0.4, 0.5) is 0 Å². The van der Waals surface area contributed by atoms with E-state index in [1.54, 1.807) is 12.1 Å². The molecular formula is C20H26O3. The number of rotatable bonds is 1. The van der Waals surface area contributed by atoms with Crippen molar-refractivity contribution in [3.8, 4) is 11.5 Å². The lowest BCUT2D eigenvalue weighted by Gasteiger charge is -2.48. The molecule has 1 saturated carbocycles. The van der Waals surface area contributed by atoms with Gasteiger partial charge in [-0.3, -0.25) is 4.79 Å². The van der Waals surface area contributed by atoms with Crippen LogP contribution in [0.25, 0.3) is 0 Å². The van der Waals surface area contributed by atoms with Crippen molar-refractivity contribution in [3.63, 3.8) is 0 Å². The number of allylic oxidation sites excluding steroid dienone is 2. The molecule has 2 aliphatic rings. The van der Waals surface area contributed by atoms with Gasteiger partial charge in [-0.15, -0.1) is 0 Å². The first-order chi connectivity index (χ1) is 10.6. The number of hydrogen-bond acceptors (Lipinski definition) is 3. The Morgan fingerprint density at radius 3 is 2.35 bits per heavy atom. The molecule has 0 spiro atoms. The minimum absolute atomic E-state index is 0.0416. The molecule has 1 fully saturated rings. The Kier molecular flexibility index (Phi) is 3.40. The lowest BCUT2D eigenvalue weighted by atomic mass is 9.55. The van der Waals surface area contributed by atoms with Crippen LogP contribution in [0.15, 0.2) is 17.7 Å². The zero-order valence-electron chi connectivity index (χ0n) is 14.7. The number of benzene rings is 1. The van der Waals surface area contributed by atoms with Crippen LogP contribution < -0.4 is 0 Å². The summed E-state index contributed by atoms with van der Waals surface area (Å²) in [6.07, 6.45) is 4.74. The zero-order chi connectivity index (χ0) is 17.2. The quantitative estimate of drug-likeness (QED) is 0.731. The van der Waals surface area contributed by atoms with E-state index in [4.69, 9.17) is 0 Å². The molecule has 1 aromatic carbocycles. The van der Waals surface area contributed by atoms with E-state index < -0.39 is 0 Å². The van der Waals surface area contributed by atoms with E-state index in [-0.39, 0.29) is 34.0 Å². The molecular weight excluding hydrogens is 288 g/mol. The van der Waals surface area contributed by atoms with Crippen molar-refractivity contribution in [3.05, 3.63) is 34.4 Å². The van der Waals surface area contributed by atoms with E-state index in [1.165, 1.54) is 0 Å². The van der Waals surface area contributed by atoms with Crippen LogP contribution in [0.2, 0.25) is 0 Å². The standard InChI is InChI=1S/C20H26O3/c1-11(2)12-9-13-14(21)10-15-19(3,4)7-6-8-20(15,5)16(13)18(23)17(12)22/h9-11,22-23H,6-8H2,1-5H3/t20-/m0/s1. The van der Waals surface area contributed by atoms with Gasteiger partial charge in [0.05, 0.1) is 0 Å². The summed E-state index contributed by atoms with van der Waals surface area (Å²) in [6.45, 7) is 10.3. The lowest BCUT2D eigenvalue weighted by Crippen LogP contribution is -2.41. The van der Waals surface area contributed by atoms with Gasteiger partial charge in [0.15, 0.2) is 17.3 Å². The molecule has 3 heteroatoms. The smallest absolute Gasteiger partial charge is 0.186 e. The highest BCUT2D eigenvalue weighted by Gasteiger charge is 2.48. The fourth-order valence-corrected chi connectivity index (χ4v) is 4.59. The number of aromatic hydroxyl groups is 2. The summed E-state index contributed by atoms with van der Waals surface area (Å²) >= 11 is 0. The number of phenolic OH excluding ortho intramolecular Hbond substituents is 2.